The molecule has 0 spiro atoms. The van der Waals surface area contributed by atoms with E-state index in [1.807, 2.05) is 24.8 Å². The minimum Gasteiger partial charge on any atom is -0.490 e. The molecule has 1 atom stereocenters. The van der Waals surface area contributed by atoms with Gasteiger partial charge in [0.15, 0.2) is 11.5 Å². The Morgan fingerprint density at radius 3 is 2.82 bits per heavy atom. The summed E-state index contributed by atoms with van der Waals surface area (Å²) in [4.78, 5) is 14.4. The van der Waals surface area contributed by atoms with Crippen LogP contribution < -0.4 is 9.47 Å². The summed E-state index contributed by atoms with van der Waals surface area (Å²) in [7, 11) is 0. The molecule has 1 aromatic carbocycles. The van der Waals surface area contributed by atoms with Gasteiger partial charge in [-0.15, -0.1) is 0 Å². The number of nitrogens with zero attached hydrogens (tertiary/aromatic N) is 1. The van der Waals surface area contributed by atoms with Gasteiger partial charge in [0, 0.05) is 18.7 Å². The summed E-state index contributed by atoms with van der Waals surface area (Å²) in [5.41, 5.74) is 0.626. The molecule has 1 aliphatic rings. The highest BCUT2D eigenvalue weighted by Crippen LogP contribution is 2.29. The zero-order chi connectivity index (χ0) is 15.9. The van der Waals surface area contributed by atoms with Crippen LogP contribution in [0, 0.1) is 0 Å². The Balaban J connectivity index is 2.16. The topological polar surface area (TPSA) is 48.0 Å². The minimum atomic E-state index is 0.0122. The first-order chi connectivity index (χ1) is 10.7. The van der Waals surface area contributed by atoms with Crippen LogP contribution in [0.25, 0.3) is 0 Å². The van der Waals surface area contributed by atoms with E-state index in [0.29, 0.717) is 50.0 Å². The summed E-state index contributed by atoms with van der Waals surface area (Å²) in [5, 5.41) is 0. The summed E-state index contributed by atoms with van der Waals surface area (Å²) < 4.78 is 16.8. The molecule has 1 heterocycles. The Morgan fingerprint density at radius 2 is 2.14 bits per heavy atom. The lowest BCUT2D eigenvalue weighted by molar-refractivity contribution is -0.0124. The molecule has 1 aliphatic heterocycles. The quantitative estimate of drug-likeness (QED) is 0.811. The Labute approximate surface area is 132 Å². The van der Waals surface area contributed by atoms with Crippen LogP contribution >= 0.6 is 0 Å². The largest absolute Gasteiger partial charge is 0.490 e. The molecular weight excluding hydrogens is 282 g/mol. The van der Waals surface area contributed by atoms with Crippen molar-refractivity contribution in [2.45, 2.75) is 33.3 Å². The molecule has 0 aliphatic carbocycles. The molecule has 5 heteroatoms. The lowest BCUT2D eigenvalue weighted by Gasteiger charge is -2.31. The monoisotopic (exact) mass is 307 g/mol. The number of benzene rings is 1. The molecule has 122 valence electrons. The van der Waals surface area contributed by atoms with Crippen molar-refractivity contribution < 1.29 is 19.0 Å². The molecule has 2 rings (SSSR count). The van der Waals surface area contributed by atoms with Crippen LogP contribution in [0.4, 0.5) is 0 Å². The predicted molar refractivity (Wildman–Crippen MR) is 84.7 cm³/mol. The van der Waals surface area contributed by atoms with Gasteiger partial charge in [0.25, 0.3) is 5.91 Å². The van der Waals surface area contributed by atoms with E-state index in [4.69, 9.17) is 14.2 Å². The van der Waals surface area contributed by atoms with Gasteiger partial charge in [-0.25, -0.2) is 0 Å². The second-order valence-corrected chi connectivity index (χ2v) is 5.38. The second kappa shape index (κ2) is 8.03. The summed E-state index contributed by atoms with van der Waals surface area (Å²) >= 11 is 0. The summed E-state index contributed by atoms with van der Waals surface area (Å²) in [5.74, 6) is 1.33. The van der Waals surface area contributed by atoms with Gasteiger partial charge in [-0.3, -0.25) is 4.79 Å². The molecule has 1 fully saturated rings. The molecule has 1 unspecified atom stereocenters. The highest BCUT2D eigenvalue weighted by atomic mass is 16.5. The smallest absolute Gasteiger partial charge is 0.254 e. The number of carbonyl (C=O) groups excluding carboxylic acids is 1. The van der Waals surface area contributed by atoms with Crippen LogP contribution in [-0.4, -0.2) is 49.8 Å². The van der Waals surface area contributed by atoms with E-state index in [-0.39, 0.29) is 12.0 Å². The SMILES string of the molecule is CCCOc1ccc(C(=O)N2CCOC(C)C2)cc1OCC. The third kappa shape index (κ3) is 4.13. The van der Waals surface area contributed by atoms with E-state index in [0.717, 1.165) is 6.42 Å². The summed E-state index contributed by atoms with van der Waals surface area (Å²) in [6.07, 6.45) is 1.01. The normalized spacial score (nSPS) is 18.1. The molecule has 0 saturated carbocycles. The average Bonchev–Trinajstić information content (AvgIpc) is 2.53. The summed E-state index contributed by atoms with van der Waals surface area (Å²) in [6.45, 7) is 8.95. The van der Waals surface area contributed by atoms with Crippen molar-refractivity contribution in [3.05, 3.63) is 23.8 Å². The molecule has 5 nitrogen and oxygen atoms in total. The lowest BCUT2D eigenvalue weighted by atomic mass is 10.1. The fraction of sp³-hybridized carbons (Fsp3) is 0.588. The van der Waals surface area contributed by atoms with Gasteiger partial charge in [-0.05, 0) is 38.5 Å². The van der Waals surface area contributed by atoms with Crippen molar-refractivity contribution in [2.75, 3.05) is 32.9 Å². The Morgan fingerprint density at radius 1 is 1.32 bits per heavy atom. The summed E-state index contributed by atoms with van der Waals surface area (Å²) in [6, 6.07) is 5.39. The third-order valence-electron chi connectivity index (χ3n) is 3.48. The average molecular weight is 307 g/mol. The van der Waals surface area contributed by atoms with Crippen molar-refractivity contribution in [1.29, 1.82) is 0 Å². The highest BCUT2D eigenvalue weighted by Gasteiger charge is 2.23. The number of ether oxygens (including phenoxy) is 3. The van der Waals surface area contributed by atoms with Gasteiger partial charge in [0.1, 0.15) is 0 Å². The molecule has 1 aromatic rings. The Hall–Kier alpha value is -1.75. The van der Waals surface area contributed by atoms with E-state index in [2.05, 4.69) is 6.92 Å². The van der Waals surface area contributed by atoms with Crippen molar-refractivity contribution in [2.24, 2.45) is 0 Å². The maximum absolute atomic E-state index is 12.6. The number of amides is 1. The van der Waals surface area contributed by atoms with E-state index in [1.54, 1.807) is 12.1 Å². The van der Waals surface area contributed by atoms with Gasteiger partial charge in [-0.2, -0.15) is 0 Å². The van der Waals surface area contributed by atoms with Gasteiger partial charge in [-0.1, -0.05) is 6.92 Å². The molecule has 22 heavy (non-hydrogen) atoms. The molecule has 0 radical (unpaired) electrons. The predicted octanol–water partition coefficient (Wildman–Crippen LogP) is 2.74. The fourth-order valence-electron chi connectivity index (χ4n) is 2.43. The van der Waals surface area contributed by atoms with E-state index in [1.165, 1.54) is 0 Å². The van der Waals surface area contributed by atoms with E-state index < -0.39 is 0 Å². The number of rotatable bonds is 6. The number of morpholine rings is 1. The Kier molecular flexibility index (Phi) is 6.07. The van der Waals surface area contributed by atoms with E-state index >= 15 is 0 Å². The molecule has 0 bridgehead atoms. The van der Waals surface area contributed by atoms with Crippen molar-refractivity contribution in [1.82, 2.24) is 4.90 Å². The lowest BCUT2D eigenvalue weighted by Crippen LogP contribution is -2.44. The minimum absolute atomic E-state index is 0.0122. The van der Waals surface area contributed by atoms with Crippen LogP contribution in [0.3, 0.4) is 0 Å². The molecule has 1 amide bonds. The maximum Gasteiger partial charge on any atom is 0.254 e. The van der Waals surface area contributed by atoms with Crippen molar-refractivity contribution >= 4 is 5.91 Å². The van der Waals surface area contributed by atoms with Crippen LogP contribution in [0.2, 0.25) is 0 Å². The van der Waals surface area contributed by atoms with Crippen LogP contribution in [0.15, 0.2) is 18.2 Å². The van der Waals surface area contributed by atoms with Crippen molar-refractivity contribution in [3.8, 4) is 11.5 Å². The second-order valence-electron chi connectivity index (χ2n) is 5.38. The van der Waals surface area contributed by atoms with E-state index in [9.17, 15) is 4.79 Å². The highest BCUT2D eigenvalue weighted by molar-refractivity contribution is 5.95. The zero-order valence-electron chi connectivity index (χ0n) is 13.6. The first-order valence-electron chi connectivity index (χ1n) is 7.96. The third-order valence-corrected chi connectivity index (χ3v) is 3.48. The number of carbonyl (C=O) groups is 1. The number of hydrogen-bond acceptors (Lipinski definition) is 4. The van der Waals surface area contributed by atoms with Crippen LogP contribution in [0.5, 0.6) is 11.5 Å². The standard InChI is InChI=1S/C17H25NO4/c1-4-9-22-15-7-6-14(11-16(15)20-5-2)17(19)18-8-10-21-13(3)12-18/h6-7,11,13H,4-5,8-10,12H2,1-3H3. The van der Waals surface area contributed by atoms with Gasteiger partial charge in [0.2, 0.25) is 0 Å². The van der Waals surface area contributed by atoms with Gasteiger partial charge in [0.05, 0.1) is 25.9 Å². The molecule has 0 aromatic heterocycles. The Bertz CT molecular complexity index is 503. The van der Waals surface area contributed by atoms with Crippen LogP contribution in [-0.2, 0) is 4.74 Å². The fourth-order valence-corrected chi connectivity index (χ4v) is 2.43. The zero-order valence-corrected chi connectivity index (χ0v) is 13.6. The van der Waals surface area contributed by atoms with Gasteiger partial charge < -0.3 is 19.1 Å². The molecular formula is C17H25NO4. The molecule has 0 N–H and O–H groups in total. The number of hydrogen-bond donors (Lipinski definition) is 0. The first-order valence-corrected chi connectivity index (χ1v) is 7.96. The van der Waals surface area contributed by atoms with Crippen molar-refractivity contribution in [3.63, 3.8) is 0 Å². The molecule has 1 saturated heterocycles. The maximum atomic E-state index is 12.6. The van der Waals surface area contributed by atoms with Gasteiger partial charge >= 0.3 is 0 Å². The first kappa shape index (κ1) is 16.6. The van der Waals surface area contributed by atoms with Crippen LogP contribution in [0.1, 0.15) is 37.6 Å².